The van der Waals surface area contributed by atoms with Crippen molar-refractivity contribution in [2.24, 2.45) is 0 Å². The van der Waals surface area contributed by atoms with Gasteiger partial charge in [0, 0.05) is 30.5 Å². The van der Waals surface area contributed by atoms with Crippen molar-refractivity contribution in [3.8, 4) is 5.69 Å². The maximum atomic E-state index is 11.9. The Balaban J connectivity index is 1.21. The molecular weight excluding hydrogens is 402 g/mol. The minimum absolute atomic E-state index is 0.0761. The molecule has 0 saturated heterocycles. The lowest BCUT2D eigenvalue weighted by Gasteiger charge is -2.15. The summed E-state index contributed by atoms with van der Waals surface area (Å²) in [5, 5.41) is 7.52. The smallest absolute Gasteiger partial charge is 0.255 e. The minimum atomic E-state index is -0.0761. The highest BCUT2D eigenvalue weighted by molar-refractivity contribution is 6.31. The largest absolute Gasteiger partial charge is 0.367 e. The molecule has 1 saturated carbocycles. The minimum Gasteiger partial charge on any atom is -0.367 e. The van der Waals surface area contributed by atoms with E-state index in [0.717, 1.165) is 36.3 Å². The molecule has 5 rings (SSSR count). The van der Waals surface area contributed by atoms with Crippen molar-refractivity contribution in [2.75, 3.05) is 10.6 Å². The monoisotopic (exact) mass is 421 g/mol. The molecular formula is C21H20ClN7O. The molecule has 0 spiro atoms. The van der Waals surface area contributed by atoms with E-state index in [-0.39, 0.29) is 5.56 Å². The first-order valence-corrected chi connectivity index (χ1v) is 10.2. The summed E-state index contributed by atoms with van der Waals surface area (Å²) in [6.45, 7) is 0. The fourth-order valence-corrected chi connectivity index (χ4v) is 4.00. The molecule has 0 amide bonds. The van der Waals surface area contributed by atoms with Crippen molar-refractivity contribution < 1.29 is 0 Å². The number of hydrogen-bond acceptors (Lipinski definition) is 6. The highest BCUT2D eigenvalue weighted by Crippen LogP contribution is 2.26. The molecule has 0 aromatic carbocycles. The number of halogens is 1. The molecule has 8 nitrogen and oxygen atoms in total. The third kappa shape index (κ3) is 3.86. The lowest BCUT2D eigenvalue weighted by Crippen LogP contribution is -2.21. The number of aromatic amines is 1. The normalized spacial score (nSPS) is 18.6. The molecule has 0 radical (unpaired) electrons. The van der Waals surface area contributed by atoms with E-state index >= 15 is 0 Å². The Labute approximate surface area is 177 Å². The molecule has 0 unspecified atom stereocenters. The van der Waals surface area contributed by atoms with Gasteiger partial charge in [-0.05, 0) is 43.5 Å². The number of fused-ring (bicyclic) bond motifs is 1. The second-order valence-electron chi connectivity index (χ2n) is 7.42. The predicted molar refractivity (Wildman–Crippen MR) is 117 cm³/mol. The molecule has 152 valence electrons. The van der Waals surface area contributed by atoms with E-state index in [1.165, 1.54) is 6.07 Å². The standard InChI is InChI=1S/C21H20ClN7O/c22-13-9-17-20(24-11-13)28-21(27-17)26-15-5-4-14(10-15)25-18-7-6-16(12-23-18)29-8-2-1-3-19(29)30/h1-3,6-9,11-12,14-15H,4-5,10H2,(H,23,25)(H2,24,26,27,28)/t14-,15-/m0/s1. The Morgan fingerprint density at radius 2 is 1.93 bits per heavy atom. The molecule has 1 aliphatic carbocycles. The lowest BCUT2D eigenvalue weighted by molar-refractivity contribution is 0.718. The van der Waals surface area contributed by atoms with Crippen LogP contribution in [-0.4, -0.2) is 36.6 Å². The Morgan fingerprint density at radius 3 is 2.73 bits per heavy atom. The van der Waals surface area contributed by atoms with Gasteiger partial charge >= 0.3 is 0 Å². The second kappa shape index (κ2) is 7.79. The van der Waals surface area contributed by atoms with Crippen LogP contribution in [0.3, 0.4) is 0 Å². The van der Waals surface area contributed by atoms with E-state index in [9.17, 15) is 4.79 Å². The Morgan fingerprint density at radius 1 is 1.07 bits per heavy atom. The summed E-state index contributed by atoms with van der Waals surface area (Å²) in [5.41, 5.74) is 2.14. The van der Waals surface area contributed by atoms with Crippen LogP contribution in [0.4, 0.5) is 11.8 Å². The molecule has 9 heteroatoms. The molecule has 30 heavy (non-hydrogen) atoms. The van der Waals surface area contributed by atoms with Crippen LogP contribution < -0.4 is 16.2 Å². The van der Waals surface area contributed by atoms with E-state index in [2.05, 4.69) is 30.6 Å². The zero-order chi connectivity index (χ0) is 20.5. The highest BCUT2D eigenvalue weighted by Gasteiger charge is 2.25. The van der Waals surface area contributed by atoms with Gasteiger partial charge < -0.3 is 15.6 Å². The number of pyridine rings is 3. The van der Waals surface area contributed by atoms with Gasteiger partial charge in [-0.1, -0.05) is 17.7 Å². The molecule has 1 aliphatic rings. The number of hydrogen-bond donors (Lipinski definition) is 3. The molecule has 0 bridgehead atoms. The Hall–Kier alpha value is -3.39. The number of anilines is 2. The maximum Gasteiger partial charge on any atom is 0.255 e. The Kier molecular flexibility index (Phi) is 4.84. The number of imidazole rings is 1. The average Bonchev–Trinajstić information content (AvgIpc) is 3.35. The first kappa shape index (κ1) is 18.6. The summed E-state index contributed by atoms with van der Waals surface area (Å²) >= 11 is 5.98. The van der Waals surface area contributed by atoms with Gasteiger partial charge in [0.1, 0.15) is 5.82 Å². The third-order valence-corrected chi connectivity index (χ3v) is 5.48. The van der Waals surface area contributed by atoms with Crippen LogP contribution in [0.15, 0.2) is 59.8 Å². The molecule has 2 atom stereocenters. The van der Waals surface area contributed by atoms with Crippen molar-refractivity contribution in [3.05, 3.63) is 70.4 Å². The summed E-state index contributed by atoms with van der Waals surface area (Å²) in [5.74, 6) is 1.51. The Bertz CT molecular complexity index is 1230. The first-order valence-electron chi connectivity index (χ1n) is 9.82. The van der Waals surface area contributed by atoms with Gasteiger partial charge in [0.15, 0.2) is 5.65 Å². The van der Waals surface area contributed by atoms with Crippen molar-refractivity contribution in [1.29, 1.82) is 0 Å². The predicted octanol–water partition coefficient (Wildman–Crippen LogP) is 3.60. The van der Waals surface area contributed by atoms with Crippen molar-refractivity contribution in [3.63, 3.8) is 0 Å². The fourth-order valence-electron chi connectivity index (χ4n) is 3.84. The van der Waals surface area contributed by atoms with Crippen molar-refractivity contribution >= 4 is 34.5 Å². The van der Waals surface area contributed by atoms with Crippen LogP contribution in [0.5, 0.6) is 0 Å². The quantitative estimate of drug-likeness (QED) is 0.455. The van der Waals surface area contributed by atoms with Gasteiger partial charge in [-0.2, -0.15) is 4.98 Å². The second-order valence-corrected chi connectivity index (χ2v) is 7.85. The van der Waals surface area contributed by atoms with Gasteiger partial charge in [0.05, 0.1) is 22.4 Å². The summed E-state index contributed by atoms with van der Waals surface area (Å²) in [6, 6.07) is 11.3. The number of H-pyrrole nitrogens is 1. The lowest BCUT2D eigenvalue weighted by atomic mass is 10.2. The van der Waals surface area contributed by atoms with Gasteiger partial charge in [-0.15, -0.1) is 0 Å². The average molecular weight is 422 g/mol. The van der Waals surface area contributed by atoms with E-state index < -0.39 is 0 Å². The van der Waals surface area contributed by atoms with E-state index in [0.29, 0.717) is 28.7 Å². The van der Waals surface area contributed by atoms with Crippen molar-refractivity contribution in [1.82, 2.24) is 24.5 Å². The van der Waals surface area contributed by atoms with Crippen LogP contribution in [0.25, 0.3) is 16.9 Å². The molecule has 4 aromatic rings. The summed E-state index contributed by atoms with van der Waals surface area (Å²) in [7, 11) is 0. The van der Waals surface area contributed by atoms with E-state index in [4.69, 9.17) is 11.6 Å². The zero-order valence-corrected chi connectivity index (χ0v) is 16.8. The van der Waals surface area contributed by atoms with Crippen LogP contribution >= 0.6 is 11.6 Å². The first-order chi connectivity index (χ1) is 14.6. The van der Waals surface area contributed by atoms with Gasteiger partial charge in [0.2, 0.25) is 5.95 Å². The number of nitrogens with one attached hydrogen (secondary N) is 3. The van der Waals surface area contributed by atoms with E-state index in [1.807, 2.05) is 24.3 Å². The van der Waals surface area contributed by atoms with Crippen LogP contribution in [0, 0.1) is 0 Å². The topological polar surface area (TPSA) is 101 Å². The SMILES string of the molecule is O=c1ccccn1-c1ccc(N[C@H]2CC[C@H](Nc3nc4ncc(Cl)cc4[nH]3)C2)nc1. The summed E-state index contributed by atoms with van der Waals surface area (Å²) < 4.78 is 1.57. The molecule has 3 N–H and O–H groups in total. The van der Waals surface area contributed by atoms with Gasteiger partial charge in [-0.25, -0.2) is 9.97 Å². The highest BCUT2D eigenvalue weighted by atomic mass is 35.5. The van der Waals surface area contributed by atoms with E-state index in [1.54, 1.807) is 29.2 Å². The maximum absolute atomic E-state index is 11.9. The number of rotatable bonds is 5. The number of aromatic nitrogens is 5. The van der Waals surface area contributed by atoms with Gasteiger partial charge in [-0.3, -0.25) is 9.36 Å². The van der Waals surface area contributed by atoms with Crippen molar-refractivity contribution in [2.45, 2.75) is 31.3 Å². The molecule has 0 aliphatic heterocycles. The fraction of sp³-hybridized carbons (Fsp3) is 0.238. The van der Waals surface area contributed by atoms with Crippen LogP contribution in [0.2, 0.25) is 5.02 Å². The third-order valence-electron chi connectivity index (χ3n) is 5.28. The zero-order valence-electron chi connectivity index (χ0n) is 16.0. The van der Waals surface area contributed by atoms with Gasteiger partial charge in [0.25, 0.3) is 5.56 Å². The van der Waals surface area contributed by atoms with Crippen LogP contribution in [-0.2, 0) is 0 Å². The molecule has 4 heterocycles. The summed E-state index contributed by atoms with van der Waals surface area (Å²) in [4.78, 5) is 28.3. The van der Waals surface area contributed by atoms with Crippen LogP contribution in [0.1, 0.15) is 19.3 Å². The molecule has 4 aromatic heterocycles. The number of nitrogens with zero attached hydrogens (tertiary/aromatic N) is 4. The molecule has 1 fully saturated rings. The summed E-state index contributed by atoms with van der Waals surface area (Å²) in [6.07, 6.45) is 8.05.